The van der Waals surface area contributed by atoms with Gasteiger partial charge in [-0.05, 0) is 35.9 Å². The van der Waals surface area contributed by atoms with Gasteiger partial charge in [-0.1, -0.05) is 46.3 Å². The van der Waals surface area contributed by atoms with Crippen LogP contribution in [0, 0.1) is 0 Å². The van der Waals surface area contributed by atoms with E-state index in [4.69, 9.17) is 0 Å². The first-order chi connectivity index (χ1) is 10.1. The molecule has 0 unspecified atom stereocenters. The molecule has 21 heavy (non-hydrogen) atoms. The summed E-state index contributed by atoms with van der Waals surface area (Å²) in [6.07, 6.45) is 3.11. The Balaban J connectivity index is 2.31. The van der Waals surface area contributed by atoms with Crippen molar-refractivity contribution in [3.8, 4) is 0 Å². The van der Waals surface area contributed by atoms with E-state index in [-0.39, 0.29) is 16.8 Å². The van der Waals surface area contributed by atoms with Gasteiger partial charge in [-0.15, -0.1) is 0 Å². The summed E-state index contributed by atoms with van der Waals surface area (Å²) in [5.41, 5.74) is 1.15. The number of hydrogen-bond donors (Lipinski definition) is 1. The number of halogens is 1. The summed E-state index contributed by atoms with van der Waals surface area (Å²) in [4.78, 5) is 24.4. The van der Waals surface area contributed by atoms with Crippen LogP contribution in [-0.4, -0.2) is 12.8 Å². The van der Waals surface area contributed by atoms with E-state index in [1.165, 1.54) is 12.1 Å². The number of carbonyl (C=O) groups is 1. The van der Waals surface area contributed by atoms with Gasteiger partial charge in [0.1, 0.15) is 0 Å². The highest BCUT2D eigenvalue weighted by Gasteiger charge is 2.08. The number of ketones is 1. The van der Waals surface area contributed by atoms with Crippen LogP contribution in [0.25, 0.3) is 6.08 Å². The molecule has 0 aliphatic carbocycles. The lowest BCUT2D eigenvalue weighted by Gasteiger charge is -1.96. The van der Waals surface area contributed by atoms with Crippen molar-refractivity contribution in [2.75, 3.05) is 12.4 Å². The summed E-state index contributed by atoms with van der Waals surface area (Å²) in [7, 11) is 1.66. The summed E-state index contributed by atoms with van der Waals surface area (Å²) < 4.78 is 0.974. The minimum Gasteiger partial charge on any atom is -0.385 e. The lowest BCUT2D eigenvalue weighted by atomic mass is 10.1. The molecule has 0 spiro atoms. The van der Waals surface area contributed by atoms with Gasteiger partial charge in [-0.3, -0.25) is 9.59 Å². The van der Waals surface area contributed by atoms with Crippen molar-refractivity contribution in [1.29, 1.82) is 0 Å². The maximum Gasteiger partial charge on any atom is 0.212 e. The fourth-order valence-electron chi connectivity index (χ4n) is 1.83. The fourth-order valence-corrected chi connectivity index (χ4v) is 2.09. The number of allylic oxidation sites excluding steroid dienone is 1. The molecule has 0 saturated heterocycles. The standard InChI is InChI=1S/C17H14BrNO2/c1-19-15-5-3-2-4-14(17(15)21)16(20)11-8-12-6-9-13(18)10-7-12/h2-11H,1H3,(H,19,21)/b11-8-. The summed E-state index contributed by atoms with van der Waals surface area (Å²) in [6.45, 7) is 0. The Morgan fingerprint density at radius 3 is 2.43 bits per heavy atom. The van der Waals surface area contributed by atoms with Crippen molar-refractivity contribution in [1.82, 2.24) is 0 Å². The monoisotopic (exact) mass is 343 g/mol. The third-order valence-corrected chi connectivity index (χ3v) is 3.49. The zero-order valence-electron chi connectivity index (χ0n) is 11.5. The van der Waals surface area contributed by atoms with Gasteiger partial charge < -0.3 is 5.32 Å². The minimum atomic E-state index is -0.310. The Hall–Kier alpha value is -2.20. The van der Waals surface area contributed by atoms with E-state index in [0.29, 0.717) is 5.69 Å². The van der Waals surface area contributed by atoms with E-state index in [1.54, 1.807) is 31.3 Å². The van der Waals surface area contributed by atoms with Crippen molar-refractivity contribution >= 4 is 33.5 Å². The lowest BCUT2D eigenvalue weighted by molar-refractivity contribution is 0.104. The lowest BCUT2D eigenvalue weighted by Crippen LogP contribution is -2.14. The molecule has 2 rings (SSSR count). The van der Waals surface area contributed by atoms with E-state index in [2.05, 4.69) is 21.2 Å². The molecule has 1 N–H and O–H groups in total. The molecular weight excluding hydrogens is 330 g/mol. The number of rotatable bonds is 4. The molecule has 4 heteroatoms. The van der Waals surface area contributed by atoms with Crippen LogP contribution in [0.1, 0.15) is 15.9 Å². The molecule has 0 amide bonds. The average Bonchev–Trinajstić information content (AvgIpc) is 2.68. The Labute approximate surface area is 131 Å². The van der Waals surface area contributed by atoms with Crippen LogP contribution in [-0.2, 0) is 0 Å². The van der Waals surface area contributed by atoms with Crippen molar-refractivity contribution < 1.29 is 4.79 Å². The van der Waals surface area contributed by atoms with Gasteiger partial charge in [-0.25, -0.2) is 0 Å². The Morgan fingerprint density at radius 2 is 1.76 bits per heavy atom. The van der Waals surface area contributed by atoms with E-state index in [0.717, 1.165) is 10.0 Å². The SMILES string of the molecule is CNc1ccccc(C(=O)/C=C\c2ccc(Br)cc2)c1=O. The number of anilines is 1. The molecule has 2 aromatic carbocycles. The smallest absolute Gasteiger partial charge is 0.212 e. The normalized spacial score (nSPS) is 10.6. The maximum absolute atomic E-state index is 12.2. The third-order valence-electron chi connectivity index (χ3n) is 2.96. The van der Waals surface area contributed by atoms with Crippen molar-refractivity contribution in [2.45, 2.75) is 0 Å². The number of hydrogen-bond acceptors (Lipinski definition) is 3. The van der Waals surface area contributed by atoms with Crippen molar-refractivity contribution in [2.24, 2.45) is 0 Å². The zero-order chi connectivity index (χ0) is 15.2. The van der Waals surface area contributed by atoms with Crippen LogP contribution in [0.15, 0.2) is 63.9 Å². The second-order valence-electron chi connectivity index (χ2n) is 4.37. The molecular formula is C17H14BrNO2. The number of nitrogens with one attached hydrogen (secondary N) is 1. The molecule has 0 aliphatic rings. The van der Waals surface area contributed by atoms with Crippen LogP contribution in [0.5, 0.6) is 0 Å². The summed E-state index contributed by atoms with van der Waals surface area (Å²) in [5.74, 6) is -0.310. The molecule has 0 heterocycles. The van der Waals surface area contributed by atoms with Gasteiger partial charge >= 0.3 is 0 Å². The van der Waals surface area contributed by atoms with E-state index >= 15 is 0 Å². The van der Waals surface area contributed by atoms with E-state index in [1.807, 2.05) is 24.3 Å². The van der Waals surface area contributed by atoms with Gasteiger partial charge in [0, 0.05) is 11.5 Å². The molecule has 0 aliphatic heterocycles. The topological polar surface area (TPSA) is 46.2 Å². The highest BCUT2D eigenvalue weighted by atomic mass is 79.9. The second kappa shape index (κ2) is 6.99. The third kappa shape index (κ3) is 3.89. The predicted molar refractivity (Wildman–Crippen MR) is 89.8 cm³/mol. The van der Waals surface area contributed by atoms with Gasteiger partial charge in [-0.2, -0.15) is 0 Å². The molecule has 3 nitrogen and oxygen atoms in total. The predicted octanol–water partition coefficient (Wildman–Crippen LogP) is 3.75. The molecule has 106 valence electrons. The Morgan fingerprint density at radius 1 is 1.10 bits per heavy atom. The van der Waals surface area contributed by atoms with Crippen LogP contribution in [0.3, 0.4) is 0 Å². The van der Waals surface area contributed by atoms with E-state index in [9.17, 15) is 9.59 Å². The fraction of sp³-hybridized carbons (Fsp3) is 0.0588. The van der Waals surface area contributed by atoms with Crippen LogP contribution >= 0.6 is 15.9 Å². The average molecular weight is 344 g/mol. The molecule has 0 bridgehead atoms. The van der Waals surface area contributed by atoms with Crippen LogP contribution in [0.4, 0.5) is 5.69 Å². The molecule has 0 radical (unpaired) electrons. The van der Waals surface area contributed by atoms with Gasteiger partial charge in [0.05, 0.1) is 11.3 Å². The molecule has 0 atom stereocenters. The zero-order valence-corrected chi connectivity index (χ0v) is 13.1. The molecule has 0 saturated carbocycles. The summed E-state index contributed by atoms with van der Waals surface area (Å²) >= 11 is 3.35. The van der Waals surface area contributed by atoms with Crippen molar-refractivity contribution in [3.05, 3.63) is 80.4 Å². The highest BCUT2D eigenvalue weighted by Crippen LogP contribution is 2.12. The van der Waals surface area contributed by atoms with Gasteiger partial charge in [0.25, 0.3) is 0 Å². The Kier molecular flexibility index (Phi) is 5.06. The quantitative estimate of drug-likeness (QED) is 0.679. The second-order valence-corrected chi connectivity index (χ2v) is 5.29. The summed E-state index contributed by atoms with van der Waals surface area (Å²) in [5, 5.41) is 2.80. The summed E-state index contributed by atoms with van der Waals surface area (Å²) in [6, 6.07) is 14.2. The Bertz CT molecular complexity index is 736. The van der Waals surface area contributed by atoms with E-state index < -0.39 is 0 Å². The highest BCUT2D eigenvalue weighted by molar-refractivity contribution is 9.10. The van der Waals surface area contributed by atoms with Crippen LogP contribution in [0.2, 0.25) is 0 Å². The molecule has 2 aromatic rings. The first-order valence-corrected chi connectivity index (χ1v) is 7.20. The number of carbonyl (C=O) groups excluding carboxylic acids is 1. The number of benzene rings is 1. The molecule has 0 fully saturated rings. The maximum atomic E-state index is 12.2. The first kappa shape index (κ1) is 15.2. The van der Waals surface area contributed by atoms with Gasteiger partial charge in [0.2, 0.25) is 5.43 Å². The largest absolute Gasteiger partial charge is 0.385 e. The molecule has 0 aromatic heterocycles. The van der Waals surface area contributed by atoms with Crippen molar-refractivity contribution in [3.63, 3.8) is 0 Å². The van der Waals surface area contributed by atoms with Crippen LogP contribution < -0.4 is 10.7 Å². The minimum absolute atomic E-state index is 0.151. The first-order valence-electron chi connectivity index (χ1n) is 6.41. The van der Waals surface area contributed by atoms with Gasteiger partial charge in [0.15, 0.2) is 5.78 Å².